The Bertz CT molecular complexity index is 1550. The maximum absolute atomic E-state index is 14.8. The van der Waals surface area contributed by atoms with E-state index in [4.69, 9.17) is 0 Å². The first-order valence-corrected chi connectivity index (χ1v) is 10.8. The van der Waals surface area contributed by atoms with E-state index >= 15 is 0 Å². The van der Waals surface area contributed by atoms with Gasteiger partial charge in [0.2, 0.25) is 0 Å². The predicted molar refractivity (Wildman–Crippen MR) is 127 cm³/mol. The van der Waals surface area contributed by atoms with Gasteiger partial charge in [0.05, 0.1) is 23.4 Å². The van der Waals surface area contributed by atoms with Crippen LogP contribution in [-0.2, 0) is 0 Å². The minimum Gasteiger partial charge on any atom is -0.360 e. The number of nitrogens with zero attached hydrogens (tertiary/aromatic N) is 4. The van der Waals surface area contributed by atoms with Crippen molar-refractivity contribution in [1.29, 1.82) is 0 Å². The summed E-state index contributed by atoms with van der Waals surface area (Å²) >= 11 is 0. The Morgan fingerprint density at radius 1 is 1.12 bits per heavy atom. The molecule has 0 saturated carbocycles. The molecule has 0 aliphatic carbocycles. The van der Waals surface area contributed by atoms with Gasteiger partial charge in [0.25, 0.3) is 5.56 Å². The predicted octanol–water partition coefficient (Wildman–Crippen LogP) is 4.98. The molecule has 2 aromatic carbocycles. The van der Waals surface area contributed by atoms with Gasteiger partial charge in [0, 0.05) is 5.69 Å². The molecule has 3 heterocycles. The highest BCUT2D eigenvalue weighted by molar-refractivity contribution is 5.84. The van der Waals surface area contributed by atoms with Crippen LogP contribution in [0.1, 0.15) is 36.2 Å². The molecule has 3 aromatic heterocycles. The summed E-state index contributed by atoms with van der Waals surface area (Å²) in [5.74, 6) is 0.0581. The minimum absolute atomic E-state index is 0.0787. The summed E-state index contributed by atoms with van der Waals surface area (Å²) in [6.45, 7) is 5.99. The Hall–Kier alpha value is -4.07. The highest BCUT2D eigenvalue weighted by atomic mass is 19.1. The summed E-state index contributed by atoms with van der Waals surface area (Å²) in [7, 11) is 0. The van der Waals surface area contributed by atoms with E-state index < -0.39 is 5.82 Å². The average Bonchev–Trinajstić information content (AvgIpc) is 3.29. The average molecular weight is 442 g/mol. The van der Waals surface area contributed by atoms with Gasteiger partial charge >= 0.3 is 0 Å². The largest absolute Gasteiger partial charge is 0.360 e. The molecule has 33 heavy (non-hydrogen) atoms. The molecule has 166 valence electrons. The van der Waals surface area contributed by atoms with Crippen molar-refractivity contribution in [3.8, 4) is 5.69 Å². The number of fused-ring (bicyclic) bond motifs is 2. The summed E-state index contributed by atoms with van der Waals surface area (Å²) in [6, 6.07) is 12.1. The zero-order valence-corrected chi connectivity index (χ0v) is 18.6. The van der Waals surface area contributed by atoms with Gasteiger partial charge in [-0.3, -0.25) is 9.36 Å². The van der Waals surface area contributed by atoms with Crippen LogP contribution in [0.25, 0.3) is 27.6 Å². The van der Waals surface area contributed by atoms with Gasteiger partial charge in [-0.1, -0.05) is 31.2 Å². The van der Waals surface area contributed by atoms with Crippen LogP contribution in [0.2, 0.25) is 0 Å². The van der Waals surface area contributed by atoms with Crippen LogP contribution in [0.4, 0.5) is 10.2 Å². The van der Waals surface area contributed by atoms with Crippen LogP contribution in [-0.4, -0.2) is 24.5 Å². The first kappa shape index (κ1) is 20.8. The van der Waals surface area contributed by atoms with Crippen molar-refractivity contribution < 1.29 is 4.39 Å². The molecule has 0 unspecified atom stereocenters. The van der Waals surface area contributed by atoms with E-state index in [1.165, 1.54) is 12.4 Å². The van der Waals surface area contributed by atoms with E-state index in [9.17, 15) is 9.18 Å². The highest BCUT2D eigenvalue weighted by Gasteiger charge is 2.22. The Morgan fingerprint density at radius 2 is 1.94 bits per heavy atom. The summed E-state index contributed by atoms with van der Waals surface area (Å²) in [6.07, 6.45) is 3.67. The zero-order chi connectivity index (χ0) is 23.1. The van der Waals surface area contributed by atoms with Gasteiger partial charge in [-0.25, -0.2) is 19.3 Å². The minimum atomic E-state index is -0.529. The first-order chi connectivity index (χ1) is 16.0. The number of imidazole rings is 1. The maximum Gasteiger partial charge on any atom is 0.266 e. The second-order valence-corrected chi connectivity index (χ2v) is 8.06. The van der Waals surface area contributed by atoms with E-state index in [2.05, 4.69) is 25.3 Å². The van der Waals surface area contributed by atoms with E-state index in [1.54, 1.807) is 23.0 Å². The number of anilines is 1. The molecule has 1 atom stereocenters. The molecule has 2 N–H and O–H groups in total. The molecule has 5 rings (SSSR count). The first-order valence-electron chi connectivity index (χ1n) is 10.8. The number of pyridine rings is 1. The lowest BCUT2D eigenvalue weighted by molar-refractivity contribution is 0.635. The zero-order valence-electron chi connectivity index (χ0n) is 18.6. The fourth-order valence-corrected chi connectivity index (χ4v) is 4.25. The smallest absolute Gasteiger partial charge is 0.266 e. The van der Waals surface area contributed by atoms with Crippen molar-refractivity contribution in [2.45, 2.75) is 33.2 Å². The van der Waals surface area contributed by atoms with Gasteiger partial charge in [0.15, 0.2) is 11.5 Å². The highest BCUT2D eigenvalue weighted by Crippen LogP contribution is 2.29. The van der Waals surface area contributed by atoms with Crippen LogP contribution in [0, 0.1) is 19.7 Å². The number of nitrogens with one attached hydrogen (secondary N) is 2. The molecule has 0 fully saturated rings. The van der Waals surface area contributed by atoms with Gasteiger partial charge in [-0.15, -0.1) is 0 Å². The fourth-order valence-electron chi connectivity index (χ4n) is 4.25. The number of hydrogen-bond donors (Lipinski definition) is 2. The molecule has 0 amide bonds. The SMILES string of the molecule is CC[C@H](Nc1ncnc2nc[nH]c12)c1cc2cccc(F)c2c(=O)n1-c1cccc(C)c1C. The van der Waals surface area contributed by atoms with E-state index in [0.29, 0.717) is 28.8 Å². The number of halogens is 1. The molecular formula is C25H23FN6O. The molecule has 0 radical (unpaired) electrons. The van der Waals surface area contributed by atoms with Gasteiger partial charge in [-0.2, -0.15) is 0 Å². The van der Waals surface area contributed by atoms with Crippen LogP contribution < -0.4 is 10.9 Å². The number of aromatic amines is 1. The number of aromatic nitrogens is 5. The second kappa shape index (κ2) is 8.12. The summed E-state index contributed by atoms with van der Waals surface area (Å²) in [4.78, 5) is 29.5. The van der Waals surface area contributed by atoms with E-state index in [0.717, 1.165) is 22.5 Å². The van der Waals surface area contributed by atoms with Crippen LogP contribution in [0.5, 0.6) is 0 Å². The van der Waals surface area contributed by atoms with E-state index in [-0.39, 0.29) is 17.0 Å². The van der Waals surface area contributed by atoms with Crippen molar-refractivity contribution in [3.63, 3.8) is 0 Å². The summed E-state index contributed by atoms with van der Waals surface area (Å²) in [5, 5.41) is 4.09. The van der Waals surface area contributed by atoms with Crippen LogP contribution in [0.15, 0.2) is 59.9 Å². The summed E-state index contributed by atoms with van der Waals surface area (Å²) in [5.41, 5.74) is 4.32. The van der Waals surface area contributed by atoms with Crippen molar-refractivity contribution >= 4 is 27.8 Å². The van der Waals surface area contributed by atoms with Crippen LogP contribution in [0.3, 0.4) is 0 Å². The Balaban J connectivity index is 1.78. The van der Waals surface area contributed by atoms with Crippen molar-refractivity contribution in [3.05, 3.63) is 88.1 Å². The second-order valence-electron chi connectivity index (χ2n) is 8.06. The molecule has 8 heteroatoms. The van der Waals surface area contributed by atoms with Crippen molar-refractivity contribution in [1.82, 2.24) is 24.5 Å². The van der Waals surface area contributed by atoms with E-state index in [1.807, 2.05) is 45.0 Å². The number of rotatable bonds is 5. The third-order valence-corrected chi connectivity index (χ3v) is 6.14. The number of hydrogen-bond acceptors (Lipinski definition) is 5. The molecule has 0 aliphatic heterocycles. The van der Waals surface area contributed by atoms with Gasteiger partial charge in [0.1, 0.15) is 17.7 Å². The van der Waals surface area contributed by atoms with Crippen molar-refractivity contribution in [2.24, 2.45) is 0 Å². The van der Waals surface area contributed by atoms with Crippen molar-refractivity contribution in [2.75, 3.05) is 5.32 Å². The Morgan fingerprint density at radius 3 is 2.76 bits per heavy atom. The number of H-pyrrole nitrogens is 1. The molecular weight excluding hydrogens is 419 g/mol. The molecule has 0 bridgehead atoms. The molecule has 0 saturated heterocycles. The lowest BCUT2D eigenvalue weighted by Gasteiger charge is -2.24. The third-order valence-electron chi connectivity index (χ3n) is 6.14. The van der Waals surface area contributed by atoms with Gasteiger partial charge in [-0.05, 0) is 55.0 Å². The lowest BCUT2D eigenvalue weighted by Crippen LogP contribution is -2.27. The third kappa shape index (κ3) is 3.44. The fraction of sp³-hybridized carbons (Fsp3) is 0.200. The molecule has 5 aromatic rings. The molecule has 0 spiro atoms. The maximum atomic E-state index is 14.8. The number of aryl methyl sites for hydroxylation is 1. The quantitative estimate of drug-likeness (QED) is 0.401. The monoisotopic (exact) mass is 442 g/mol. The summed E-state index contributed by atoms with van der Waals surface area (Å²) < 4.78 is 16.4. The normalized spacial score (nSPS) is 12.4. The Labute approximate surface area is 189 Å². The number of benzene rings is 2. The standard InChI is InChI=1S/C25H23FN6O/c1-4-18(31-24-22-23(28-12-27-22)29-13-30-24)20-11-16-8-6-9-17(26)21(16)25(33)32(20)19-10-5-7-14(2)15(19)3/h5-13,18H,4H2,1-3H3,(H2,27,28,29,30,31)/t18-/m0/s1. The molecule has 0 aliphatic rings. The van der Waals surface area contributed by atoms with Crippen LogP contribution >= 0.6 is 0 Å². The Kier molecular flexibility index (Phi) is 5.12. The molecule has 7 nitrogen and oxygen atoms in total. The lowest BCUT2D eigenvalue weighted by atomic mass is 10.0. The van der Waals surface area contributed by atoms with Gasteiger partial charge < -0.3 is 10.3 Å². The topological polar surface area (TPSA) is 88.5 Å².